The molecule has 0 amide bonds. The van der Waals surface area contributed by atoms with Crippen LogP contribution >= 0.6 is 0 Å². The van der Waals surface area contributed by atoms with E-state index >= 15 is 0 Å². The van der Waals surface area contributed by atoms with Gasteiger partial charge in [0.2, 0.25) is 0 Å². The molecule has 0 aliphatic carbocycles. The van der Waals surface area contributed by atoms with Crippen molar-refractivity contribution in [1.82, 2.24) is 19.8 Å². The summed E-state index contributed by atoms with van der Waals surface area (Å²) >= 11 is 0. The highest BCUT2D eigenvalue weighted by atomic mass is 15.2. The predicted octanol–water partition coefficient (Wildman–Crippen LogP) is 2.96. The van der Waals surface area contributed by atoms with Crippen LogP contribution in [0, 0.1) is 5.41 Å². The lowest BCUT2D eigenvalue weighted by atomic mass is 9.79. The molecule has 2 aliphatic heterocycles. The van der Waals surface area contributed by atoms with Crippen LogP contribution in [0.2, 0.25) is 0 Å². The standard InChI is InChI=1S/C20H26N4/c1-2-9-22-19(4-1)15-23-12-3-7-20(16-23)8-13-24(17-20)14-18-5-10-21-11-6-18/h1-2,4-6,9-11H,3,7-8,12-17H2. The van der Waals surface area contributed by atoms with Gasteiger partial charge in [0, 0.05) is 44.8 Å². The maximum Gasteiger partial charge on any atom is 0.0543 e. The van der Waals surface area contributed by atoms with E-state index in [0.29, 0.717) is 5.41 Å². The summed E-state index contributed by atoms with van der Waals surface area (Å²) in [5.41, 5.74) is 3.06. The molecule has 4 nitrogen and oxygen atoms in total. The zero-order chi connectivity index (χ0) is 16.2. The third-order valence-corrected chi connectivity index (χ3v) is 5.53. The van der Waals surface area contributed by atoms with E-state index in [2.05, 4.69) is 44.0 Å². The van der Waals surface area contributed by atoms with Crippen molar-refractivity contribution in [2.45, 2.75) is 32.4 Å². The van der Waals surface area contributed by atoms with Crippen molar-refractivity contribution in [1.29, 1.82) is 0 Å². The number of hydrogen-bond donors (Lipinski definition) is 0. The zero-order valence-electron chi connectivity index (χ0n) is 14.3. The number of nitrogens with zero attached hydrogens (tertiary/aromatic N) is 4. The average molecular weight is 322 g/mol. The van der Waals surface area contributed by atoms with E-state index in [-0.39, 0.29) is 0 Å². The molecule has 2 aromatic heterocycles. The first kappa shape index (κ1) is 15.7. The van der Waals surface area contributed by atoms with Gasteiger partial charge in [0.15, 0.2) is 0 Å². The van der Waals surface area contributed by atoms with Gasteiger partial charge in [-0.15, -0.1) is 0 Å². The first-order chi connectivity index (χ1) is 11.8. The molecule has 2 saturated heterocycles. The highest BCUT2D eigenvalue weighted by Crippen LogP contribution is 2.39. The van der Waals surface area contributed by atoms with Crippen molar-refractivity contribution in [3.63, 3.8) is 0 Å². The molecule has 2 aliphatic rings. The molecule has 0 bridgehead atoms. The van der Waals surface area contributed by atoms with Crippen LogP contribution in [0.1, 0.15) is 30.5 Å². The largest absolute Gasteiger partial charge is 0.298 e. The fourth-order valence-electron chi connectivity index (χ4n) is 4.41. The normalized spacial score (nSPS) is 25.3. The lowest BCUT2D eigenvalue weighted by molar-refractivity contribution is 0.0857. The summed E-state index contributed by atoms with van der Waals surface area (Å²) in [6.07, 6.45) is 9.72. The second-order valence-electron chi connectivity index (χ2n) is 7.45. The minimum absolute atomic E-state index is 0.486. The number of hydrogen-bond acceptors (Lipinski definition) is 4. The fourth-order valence-corrected chi connectivity index (χ4v) is 4.41. The molecular weight excluding hydrogens is 296 g/mol. The predicted molar refractivity (Wildman–Crippen MR) is 95.3 cm³/mol. The monoisotopic (exact) mass is 322 g/mol. The minimum atomic E-state index is 0.486. The summed E-state index contributed by atoms with van der Waals surface area (Å²) in [6, 6.07) is 10.5. The Morgan fingerprint density at radius 2 is 1.71 bits per heavy atom. The van der Waals surface area contributed by atoms with E-state index < -0.39 is 0 Å². The van der Waals surface area contributed by atoms with Gasteiger partial charge in [-0.05, 0) is 67.6 Å². The minimum Gasteiger partial charge on any atom is -0.298 e. The topological polar surface area (TPSA) is 32.3 Å². The molecule has 2 fully saturated rings. The highest BCUT2D eigenvalue weighted by Gasteiger charge is 2.41. The lowest BCUT2D eigenvalue weighted by Gasteiger charge is -2.40. The smallest absolute Gasteiger partial charge is 0.0543 e. The Balaban J connectivity index is 1.37. The van der Waals surface area contributed by atoms with E-state index in [1.54, 1.807) is 0 Å². The molecule has 24 heavy (non-hydrogen) atoms. The van der Waals surface area contributed by atoms with Gasteiger partial charge in [0.1, 0.15) is 0 Å². The quantitative estimate of drug-likeness (QED) is 0.866. The van der Waals surface area contributed by atoms with Crippen LogP contribution in [0.25, 0.3) is 0 Å². The average Bonchev–Trinajstić information content (AvgIpc) is 2.98. The van der Waals surface area contributed by atoms with E-state index in [1.165, 1.54) is 56.7 Å². The molecule has 0 aromatic carbocycles. The molecule has 2 aromatic rings. The Morgan fingerprint density at radius 1 is 0.875 bits per heavy atom. The first-order valence-electron chi connectivity index (χ1n) is 9.05. The Hall–Kier alpha value is -1.78. The summed E-state index contributed by atoms with van der Waals surface area (Å²) in [5.74, 6) is 0. The van der Waals surface area contributed by atoms with Gasteiger partial charge in [0.05, 0.1) is 5.69 Å². The van der Waals surface area contributed by atoms with Crippen molar-refractivity contribution >= 4 is 0 Å². The molecule has 1 unspecified atom stereocenters. The van der Waals surface area contributed by atoms with Crippen molar-refractivity contribution in [2.24, 2.45) is 5.41 Å². The second kappa shape index (κ2) is 6.99. The molecule has 4 rings (SSSR count). The van der Waals surface area contributed by atoms with Gasteiger partial charge in [-0.1, -0.05) is 6.07 Å². The summed E-state index contributed by atoms with van der Waals surface area (Å²) in [5, 5.41) is 0. The molecule has 0 saturated carbocycles. The lowest BCUT2D eigenvalue weighted by Crippen LogP contribution is -2.44. The number of piperidine rings is 1. The van der Waals surface area contributed by atoms with Crippen LogP contribution in [0.5, 0.6) is 0 Å². The molecule has 0 N–H and O–H groups in total. The SMILES string of the molecule is c1ccc(CN2CCCC3(CCN(Cc4ccncc4)C3)C2)nc1. The van der Waals surface area contributed by atoms with E-state index in [9.17, 15) is 0 Å². The maximum atomic E-state index is 4.50. The van der Waals surface area contributed by atoms with Crippen molar-refractivity contribution < 1.29 is 0 Å². The second-order valence-corrected chi connectivity index (χ2v) is 7.45. The zero-order valence-corrected chi connectivity index (χ0v) is 14.3. The van der Waals surface area contributed by atoms with Crippen LogP contribution in [0.15, 0.2) is 48.9 Å². The van der Waals surface area contributed by atoms with E-state index in [1.807, 2.05) is 24.7 Å². The number of pyridine rings is 2. The molecule has 4 heteroatoms. The Morgan fingerprint density at radius 3 is 2.50 bits per heavy atom. The number of aromatic nitrogens is 2. The van der Waals surface area contributed by atoms with Crippen molar-refractivity contribution in [2.75, 3.05) is 26.2 Å². The molecular formula is C20H26N4. The van der Waals surface area contributed by atoms with E-state index in [4.69, 9.17) is 0 Å². The van der Waals surface area contributed by atoms with Crippen LogP contribution in [0.3, 0.4) is 0 Å². The van der Waals surface area contributed by atoms with Crippen LogP contribution in [0.4, 0.5) is 0 Å². The van der Waals surface area contributed by atoms with Gasteiger partial charge in [-0.3, -0.25) is 19.8 Å². The van der Waals surface area contributed by atoms with Crippen LogP contribution in [-0.4, -0.2) is 45.9 Å². The first-order valence-corrected chi connectivity index (χ1v) is 9.05. The number of rotatable bonds is 4. The molecule has 0 radical (unpaired) electrons. The molecule has 1 spiro atoms. The third kappa shape index (κ3) is 3.65. The maximum absolute atomic E-state index is 4.50. The third-order valence-electron chi connectivity index (χ3n) is 5.53. The van der Waals surface area contributed by atoms with Gasteiger partial charge >= 0.3 is 0 Å². The Bertz CT molecular complexity index is 645. The summed E-state index contributed by atoms with van der Waals surface area (Å²) in [7, 11) is 0. The molecule has 1 atom stereocenters. The van der Waals surface area contributed by atoms with Crippen molar-refractivity contribution in [3.05, 3.63) is 60.2 Å². The van der Waals surface area contributed by atoms with Gasteiger partial charge in [-0.25, -0.2) is 0 Å². The molecule has 126 valence electrons. The molecule has 4 heterocycles. The Labute approximate surface area is 144 Å². The van der Waals surface area contributed by atoms with Gasteiger partial charge < -0.3 is 0 Å². The van der Waals surface area contributed by atoms with Crippen LogP contribution < -0.4 is 0 Å². The van der Waals surface area contributed by atoms with Gasteiger partial charge in [0.25, 0.3) is 0 Å². The summed E-state index contributed by atoms with van der Waals surface area (Å²) in [4.78, 5) is 13.9. The summed E-state index contributed by atoms with van der Waals surface area (Å²) in [6.45, 7) is 6.93. The summed E-state index contributed by atoms with van der Waals surface area (Å²) < 4.78 is 0. The highest BCUT2D eigenvalue weighted by molar-refractivity contribution is 5.10. The Kier molecular flexibility index (Phi) is 4.58. The van der Waals surface area contributed by atoms with E-state index in [0.717, 1.165) is 13.1 Å². The fraction of sp³-hybridized carbons (Fsp3) is 0.500. The van der Waals surface area contributed by atoms with Crippen molar-refractivity contribution in [3.8, 4) is 0 Å². The number of likely N-dealkylation sites (tertiary alicyclic amines) is 2. The van der Waals surface area contributed by atoms with Crippen LogP contribution in [-0.2, 0) is 13.1 Å². The van der Waals surface area contributed by atoms with Gasteiger partial charge in [-0.2, -0.15) is 0 Å².